The number of ether oxygens (including phenoxy) is 2. The van der Waals surface area contributed by atoms with Crippen LogP contribution in [0, 0.1) is 5.92 Å². The van der Waals surface area contributed by atoms with Gasteiger partial charge < -0.3 is 9.47 Å². The van der Waals surface area contributed by atoms with Gasteiger partial charge in [-0.3, -0.25) is 4.79 Å². The lowest BCUT2D eigenvalue weighted by molar-refractivity contribution is 0.0932. The van der Waals surface area contributed by atoms with Gasteiger partial charge in [-0.2, -0.15) is 0 Å². The summed E-state index contributed by atoms with van der Waals surface area (Å²) in [5.74, 6) is 1.39. The molecule has 0 saturated carbocycles. The number of ketones is 1. The molecule has 0 aromatic heterocycles. The van der Waals surface area contributed by atoms with E-state index in [1.165, 1.54) is 6.42 Å². The molecule has 0 unspecified atom stereocenters. The molecule has 0 atom stereocenters. The van der Waals surface area contributed by atoms with E-state index in [2.05, 4.69) is 13.8 Å². The van der Waals surface area contributed by atoms with Gasteiger partial charge in [0.1, 0.15) is 12.4 Å². The Balaban J connectivity index is 2.21. The molecule has 0 aliphatic heterocycles. The number of carbonyl (C=O) groups excluding carboxylic acids is 1. The second kappa shape index (κ2) is 8.70. The molecule has 0 saturated heterocycles. The normalized spacial score (nSPS) is 10.7. The van der Waals surface area contributed by atoms with Gasteiger partial charge in [-0.25, -0.2) is 0 Å². The van der Waals surface area contributed by atoms with Gasteiger partial charge in [0.2, 0.25) is 0 Å². The largest absolute Gasteiger partial charge is 0.490 e. The molecule has 1 rings (SSSR count). The van der Waals surface area contributed by atoms with Crippen LogP contribution in [0.4, 0.5) is 0 Å². The first-order valence-corrected chi connectivity index (χ1v) is 6.91. The van der Waals surface area contributed by atoms with Gasteiger partial charge in [0.15, 0.2) is 5.78 Å². The van der Waals surface area contributed by atoms with Gasteiger partial charge in [-0.1, -0.05) is 26.0 Å². The van der Waals surface area contributed by atoms with Gasteiger partial charge in [0, 0.05) is 6.61 Å². The lowest BCUT2D eigenvalue weighted by atomic mass is 10.1. The molecule has 3 nitrogen and oxygen atoms in total. The van der Waals surface area contributed by atoms with E-state index in [1.807, 2.05) is 18.2 Å². The predicted octanol–water partition coefficient (Wildman–Crippen LogP) is 3.72. The zero-order valence-corrected chi connectivity index (χ0v) is 12.1. The summed E-state index contributed by atoms with van der Waals surface area (Å²) >= 11 is 0. The Morgan fingerprint density at radius 3 is 2.58 bits per heavy atom. The molecule has 19 heavy (non-hydrogen) atoms. The van der Waals surface area contributed by atoms with Crippen LogP contribution in [-0.4, -0.2) is 25.6 Å². The summed E-state index contributed by atoms with van der Waals surface area (Å²) in [6.07, 6.45) is 2.27. The van der Waals surface area contributed by atoms with E-state index in [9.17, 15) is 4.79 Å². The minimum absolute atomic E-state index is 0.0217. The maximum atomic E-state index is 11.4. The number of para-hydroxylation sites is 1. The molecule has 3 heteroatoms. The Hall–Kier alpha value is -1.35. The second-order valence-corrected chi connectivity index (χ2v) is 5.05. The third kappa shape index (κ3) is 6.39. The zero-order valence-electron chi connectivity index (χ0n) is 12.1. The fourth-order valence-corrected chi connectivity index (χ4v) is 1.79. The van der Waals surface area contributed by atoms with Crippen molar-refractivity contribution >= 4 is 5.78 Å². The Morgan fingerprint density at radius 2 is 1.89 bits per heavy atom. The first kappa shape index (κ1) is 15.7. The van der Waals surface area contributed by atoms with Crippen molar-refractivity contribution in [2.75, 3.05) is 19.8 Å². The van der Waals surface area contributed by atoms with Crippen LogP contribution >= 0.6 is 0 Å². The van der Waals surface area contributed by atoms with Crippen molar-refractivity contribution in [1.82, 2.24) is 0 Å². The van der Waals surface area contributed by atoms with Crippen molar-refractivity contribution in [3.63, 3.8) is 0 Å². The standard InChI is InChI=1S/C16H24O3/c1-13(2)7-6-10-18-11-12-19-16-9-5-4-8-15(16)14(3)17/h4-5,8-9,13H,6-7,10-12H2,1-3H3. The summed E-state index contributed by atoms with van der Waals surface area (Å²) in [6, 6.07) is 7.30. The SMILES string of the molecule is CC(=O)c1ccccc1OCCOCCCC(C)C. The smallest absolute Gasteiger partial charge is 0.163 e. The first-order valence-electron chi connectivity index (χ1n) is 6.91. The van der Waals surface area contributed by atoms with E-state index in [-0.39, 0.29) is 5.78 Å². The summed E-state index contributed by atoms with van der Waals surface area (Å²) in [5.41, 5.74) is 0.627. The molecular weight excluding hydrogens is 240 g/mol. The average molecular weight is 264 g/mol. The van der Waals surface area contributed by atoms with Crippen LogP contribution in [0.1, 0.15) is 44.0 Å². The van der Waals surface area contributed by atoms with Gasteiger partial charge >= 0.3 is 0 Å². The maximum absolute atomic E-state index is 11.4. The zero-order chi connectivity index (χ0) is 14.1. The lowest BCUT2D eigenvalue weighted by Crippen LogP contribution is -2.09. The van der Waals surface area contributed by atoms with Gasteiger partial charge in [0.05, 0.1) is 12.2 Å². The van der Waals surface area contributed by atoms with Crippen molar-refractivity contribution < 1.29 is 14.3 Å². The van der Waals surface area contributed by atoms with Crippen molar-refractivity contribution in [3.05, 3.63) is 29.8 Å². The van der Waals surface area contributed by atoms with Crippen LogP contribution in [0.3, 0.4) is 0 Å². The third-order valence-electron chi connectivity index (χ3n) is 2.82. The highest BCUT2D eigenvalue weighted by Crippen LogP contribution is 2.18. The van der Waals surface area contributed by atoms with E-state index < -0.39 is 0 Å². The first-order chi connectivity index (χ1) is 9.11. The highest BCUT2D eigenvalue weighted by Gasteiger charge is 2.06. The van der Waals surface area contributed by atoms with Crippen molar-refractivity contribution in [2.24, 2.45) is 5.92 Å². The third-order valence-corrected chi connectivity index (χ3v) is 2.82. The van der Waals surface area contributed by atoms with Crippen LogP contribution in [0.25, 0.3) is 0 Å². The maximum Gasteiger partial charge on any atom is 0.163 e. The fraction of sp³-hybridized carbons (Fsp3) is 0.562. The highest BCUT2D eigenvalue weighted by molar-refractivity contribution is 5.96. The van der Waals surface area contributed by atoms with Crippen LogP contribution < -0.4 is 4.74 Å². The van der Waals surface area contributed by atoms with Gasteiger partial charge in [-0.05, 0) is 37.8 Å². The fourth-order valence-electron chi connectivity index (χ4n) is 1.79. The van der Waals surface area contributed by atoms with E-state index in [0.29, 0.717) is 24.5 Å². The molecule has 0 heterocycles. The molecule has 0 radical (unpaired) electrons. The number of Topliss-reactive ketones (excluding diaryl/α,β-unsaturated/α-hetero) is 1. The molecule has 1 aromatic rings. The summed E-state index contributed by atoms with van der Waals surface area (Å²) in [6.45, 7) is 7.78. The van der Waals surface area contributed by atoms with Crippen LogP contribution in [-0.2, 0) is 4.74 Å². The summed E-state index contributed by atoms with van der Waals surface area (Å²) < 4.78 is 11.1. The topological polar surface area (TPSA) is 35.5 Å². The number of hydrogen-bond acceptors (Lipinski definition) is 3. The van der Waals surface area contributed by atoms with E-state index in [0.717, 1.165) is 18.9 Å². The summed E-state index contributed by atoms with van der Waals surface area (Å²) in [4.78, 5) is 11.4. The average Bonchev–Trinajstić information content (AvgIpc) is 2.37. The van der Waals surface area contributed by atoms with E-state index in [4.69, 9.17) is 9.47 Å². The molecule has 0 bridgehead atoms. The Labute approximate surface area is 115 Å². The van der Waals surface area contributed by atoms with E-state index >= 15 is 0 Å². The minimum Gasteiger partial charge on any atom is -0.490 e. The van der Waals surface area contributed by atoms with Gasteiger partial charge in [-0.15, -0.1) is 0 Å². The Bertz CT molecular complexity index is 385. The van der Waals surface area contributed by atoms with Crippen LogP contribution in [0.5, 0.6) is 5.75 Å². The Kier molecular flexibility index (Phi) is 7.19. The second-order valence-electron chi connectivity index (χ2n) is 5.05. The summed E-state index contributed by atoms with van der Waals surface area (Å²) in [7, 11) is 0. The number of rotatable bonds is 9. The highest BCUT2D eigenvalue weighted by atomic mass is 16.5. The van der Waals surface area contributed by atoms with E-state index in [1.54, 1.807) is 13.0 Å². The number of hydrogen-bond donors (Lipinski definition) is 0. The molecule has 0 amide bonds. The van der Waals surface area contributed by atoms with Crippen molar-refractivity contribution in [2.45, 2.75) is 33.6 Å². The van der Waals surface area contributed by atoms with Crippen molar-refractivity contribution in [1.29, 1.82) is 0 Å². The predicted molar refractivity (Wildman–Crippen MR) is 76.8 cm³/mol. The Morgan fingerprint density at radius 1 is 1.16 bits per heavy atom. The molecular formula is C16H24O3. The molecule has 1 aromatic carbocycles. The summed E-state index contributed by atoms with van der Waals surface area (Å²) in [5, 5.41) is 0. The van der Waals surface area contributed by atoms with Crippen LogP contribution in [0.2, 0.25) is 0 Å². The molecule has 0 spiro atoms. The lowest BCUT2D eigenvalue weighted by Gasteiger charge is -2.10. The monoisotopic (exact) mass is 264 g/mol. The molecule has 0 aliphatic carbocycles. The van der Waals surface area contributed by atoms with Gasteiger partial charge in [0.25, 0.3) is 0 Å². The van der Waals surface area contributed by atoms with Crippen LogP contribution in [0.15, 0.2) is 24.3 Å². The molecule has 0 N–H and O–H groups in total. The molecule has 106 valence electrons. The molecule has 0 fully saturated rings. The number of carbonyl (C=O) groups is 1. The minimum atomic E-state index is 0.0217. The molecule has 0 aliphatic rings. The van der Waals surface area contributed by atoms with Crippen molar-refractivity contribution in [3.8, 4) is 5.75 Å². The quantitative estimate of drug-likeness (QED) is 0.503. The number of benzene rings is 1.